The Morgan fingerprint density at radius 3 is 2.62 bits per heavy atom. The molecule has 1 aliphatic carbocycles. The van der Waals surface area contributed by atoms with Crippen LogP contribution in [0.15, 0.2) is 16.6 Å². The third kappa shape index (κ3) is 3.39. The van der Waals surface area contributed by atoms with Crippen molar-refractivity contribution in [1.82, 2.24) is 5.32 Å². The molecule has 2 aliphatic rings. The van der Waals surface area contributed by atoms with Crippen LogP contribution in [0.25, 0.3) is 0 Å². The second-order valence-corrected chi connectivity index (χ2v) is 6.98. The van der Waals surface area contributed by atoms with Crippen LogP contribution in [-0.4, -0.2) is 25.7 Å². The third-order valence-electron chi connectivity index (χ3n) is 4.72. The molecule has 5 heteroatoms. The smallest absolute Gasteiger partial charge is 0.150 e. The predicted molar refractivity (Wildman–Crippen MR) is 84.6 cm³/mol. The zero-order valence-electron chi connectivity index (χ0n) is 12.0. The van der Waals surface area contributed by atoms with Gasteiger partial charge in [-0.15, -0.1) is 0 Å². The standard InChI is InChI=1S/C16H21BrF2N2/c17-13-8-12(18)9-14(19)16(13)21-7-6-20-15(10-21)11-4-2-1-3-5-11/h8-9,11,15,20H,1-7,10H2. The molecule has 0 bridgehead atoms. The van der Waals surface area contributed by atoms with Crippen molar-refractivity contribution in [2.24, 2.45) is 5.92 Å². The number of benzene rings is 1. The molecule has 116 valence electrons. The van der Waals surface area contributed by atoms with Crippen LogP contribution in [-0.2, 0) is 0 Å². The summed E-state index contributed by atoms with van der Waals surface area (Å²) in [6.07, 6.45) is 6.47. The fourth-order valence-corrected chi connectivity index (χ4v) is 4.33. The molecule has 1 heterocycles. The third-order valence-corrected chi connectivity index (χ3v) is 5.33. The Morgan fingerprint density at radius 1 is 1.14 bits per heavy atom. The van der Waals surface area contributed by atoms with Gasteiger partial charge in [0.05, 0.1) is 5.69 Å². The van der Waals surface area contributed by atoms with E-state index in [4.69, 9.17) is 0 Å². The van der Waals surface area contributed by atoms with Crippen molar-refractivity contribution >= 4 is 21.6 Å². The average Bonchev–Trinajstić information content (AvgIpc) is 2.47. The number of hydrogen-bond acceptors (Lipinski definition) is 2. The number of nitrogens with zero attached hydrogens (tertiary/aromatic N) is 1. The van der Waals surface area contributed by atoms with E-state index in [0.29, 0.717) is 22.1 Å². The maximum Gasteiger partial charge on any atom is 0.150 e. The van der Waals surface area contributed by atoms with Gasteiger partial charge >= 0.3 is 0 Å². The number of anilines is 1. The van der Waals surface area contributed by atoms with Crippen molar-refractivity contribution < 1.29 is 8.78 Å². The molecule has 2 fully saturated rings. The van der Waals surface area contributed by atoms with Crippen molar-refractivity contribution in [2.45, 2.75) is 38.1 Å². The second kappa shape index (κ2) is 6.61. The van der Waals surface area contributed by atoms with Crippen molar-refractivity contribution in [1.29, 1.82) is 0 Å². The largest absolute Gasteiger partial charge is 0.365 e. The number of nitrogens with one attached hydrogen (secondary N) is 1. The molecule has 1 aromatic rings. The summed E-state index contributed by atoms with van der Waals surface area (Å²) in [5.74, 6) is -0.336. The molecule has 1 saturated heterocycles. The quantitative estimate of drug-likeness (QED) is 0.856. The van der Waals surface area contributed by atoms with Gasteiger partial charge in [-0.3, -0.25) is 0 Å². The monoisotopic (exact) mass is 358 g/mol. The van der Waals surface area contributed by atoms with E-state index in [1.165, 1.54) is 38.2 Å². The first-order valence-corrected chi connectivity index (χ1v) is 8.57. The molecule has 21 heavy (non-hydrogen) atoms. The minimum atomic E-state index is -0.540. The molecule has 1 N–H and O–H groups in total. The van der Waals surface area contributed by atoms with Gasteiger partial charge in [0.1, 0.15) is 5.82 Å². The summed E-state index contributed by atoms with van der Waals surface area (Å²) < 4.78 is 27.9. The molecule has 0 radical (unpaired) electrons. The summed E-state index contributed by atoms with van der Waals surface area (Å²) in [5, 5.41) is 3.59. The van der Waals surface area contributed by atoms with E-state index in [1.807, 2.05) is 0 Å². The Balaban J connectivity index is 1.76. The molecule has 0 spiro atoms. The molecule has 0 amide bonds. The first-order valence-electron chi connectivity index (χ1n) is 7.78. The summed E-state index contributed by atoms with van der Waals surface area (Å²) in [7, 11) is 0. The zero-order chi connectivity index (χ0) is 14.8. The van der Waals surface area contributed by atoms with Gasteiger partial charge < -0.3 is 10.2 Å². The van der Waals surface area contributed by atoms with Crippen molar-refractivity contribution in [2.75, 3.05) is 24.5 Å². The fourth-order valence-electron chi connectivity index (χ4n) is 3.67. The van der Waals surface area contributed by atoms with Crippen molar-refractivity contribution in [3.63, 3.8) is 0 Å². The minimum absolute atomic E-state index is 0.412. The zero-order valence-corrected chi connectivity index (χ0v) is 13.6. The first-order chi connectivity index (χ1) is 10.1. The Bertz CT molecular complexity index is 480. The minimum Gasteiger partial charge on any atom is -0.365 e. The Morgan fingerprint density at radius 2 is 1.90 bits per heavy atom. The van der Waals surface area contributed by atoms with Gasteiger partial charge in [-0.1, -0.05) is 19.3 Å². The molecule has 1 aliphatic heterocycles. The topological polar surface area (TPSA) is 15.3 Å². The van der Waals surface area contributed by atoms with Gasteiger partial charge in [-0.25, -0.2) is 8.78 Å². The van der Waals surface area contributed by atoms with E-state index in [9.17, 15) is 8.78 Å². The molecule has 1 aromatic carbocycles. The molecule has 0 aromatic heterocycles. The van der Waals surface area contributed by atoms with E-state index in [-0.39, 0.29) is 0 Å². The van der Waals surface area contributed by atoms with Crippen LogP contribution >= 0.6 is 15.9 Å². The molecule has 1 atom stereocenters. The summed E-state index contributed by atoms with van der Waals surface area (Å²) >= 11 is 3.31. The van der Waals surface area contributed by atoms with E-state index >= 15 is 0 Å². The molecular weight excluding hydrogens is 338 g/mol. The number of hydrogen-bond donors (Lipinski definition) is 1. The average molecular weight is 359 g/mol. The van der Waals surface area contributed by atoms with Crippen molar-refractivity contribution in [3.05, 3.63) is 28.2 Å². The van der Waals surface area contributed by atoms with E-state index in [0.717, 1.165) is 25.7 Å². The summed E-state index contributed by atoms with van der Waals surface area (Å²) in [6, 6.07) is 2.73. The molecular formula is C16H21BrF2N2. The highest BCUT2D eigenvalue weighted by Gasteiger charge is 2.29. The molecule has 3 rings (SSSR count). The van der Waals surface area contributed by atoms with E-state index < -0.39 is 11.6 Å². The predicted octanol–water partition coefficient (Wildman–Crippen LogP) is 4.09. The van der Waals surface area contributed by atoms with Gasteiger partial charge in [-0.05, 0) is 40.8 Å². The lowest BCUT2D eigenvalue weighted by molar-refractivity contribution is 0.256. The van der Waals surface area contributed by atoms with Gasteiger partial charge in [0, 0.05) is 36.2 Å². The summed E-state index contributed by atoms with van der Waals surface area (Å²) in [4.78, 5) is 2.05. The Hall–Kier alpha value is -0.680. The number of rotatable bonds is 2. The van der Waals surface area contributed by atoms with Gasteiger partial charge in [-0.2, -0.15) is 0 Å². The van der Waals surface area contributed by atoms with E-state index in [2.05, 4.69) is 26.1 Å². The second-order valence-electron chi connectivity index (χ2n) is 6.12. The van der Waals surface area contributed by atoms with Crippen LogP contribution in [0.1, 0.15) is 32.1 Å². The number of piperazine rings is 1. The lowest BCUT2D eigenvalue weighted by Gasteiger charge is -2.40. The number of halogens is 3. The van der Waals surface area contributed by atoms with Crippen LogP contribution < -0.4 is 10.2 Å². The van der Waals surface area contributed by atoms with Crippen LogP contribution in [0, 0.1) is 17.6 Å². The van der Waals surface area contributed by atoms with Crippen molar-refractivity contribution in [3.8, 4) is 0 Å². The molecule has 2 nitrogen and oxygen atoms in total. The Kier molecular flexibility index (Phi) is 4.79. The van der Waals surface area contributed by atoms with E-state index in [1.54, 1.807) is 0 Å². The summed E-state index contributed by atoms with van der Waals surface area (Å²) in [6.45, 7) is 2.40. The van der Waals surface area contributed by atoms with Crippen LogP contribution in [0.4, 0.5) is 14.5 Å². The highest BCUT2D eigenvalue weighted by Crippen LogP contribution is 2.33. The lowest BCUT2D eigenvalue weighted by Crippen LogP contribution is -2.54. The normalized spacial score (nSPS) is 24.3. The van der Waals surface area contributed by atoms with Gasteiger partial charge in [0.25, 0.3) is 0 Å². The van der Waals surface area contributed by atoms with Crippen LogP contribution in [0.5, 0.6) is 0 Å². The van der Waals surface area contributed by atoms with Crippen LogP contribution in [0.2, 0.25) is 0 Å². The maximum atomic E-state index is 14.1. The Labute approximate surface area is 133 Å². The fraction of sp³-hybridized carbons (Fsp3) is 0.625. The molecule has 1 unspecified atom stereocenters. The summed E-state index contributed by atoms with van der Waals surface area (Å²) in [5.41, 5.74) is 0.499. The first kappa shape index (κ1) is 15.2. The SMILES string of the molecule is Fc1cc(F)c(N2CCNC(C3CCCCC3)C2)c(Br)c1. The molecule has 1 saturated carbocycles. The lowest BCUT2D eigenvalue weighted by atomic mass is 9.83. The highest BCUT2D eigenvalue weighted by atomic mass is 79.9. The van der Waals surface area contributed by atoms with Gasteiger partial charge in [0.15, 0.2) is 5.82 Å². The highest BCUT2D eigenvalue weighted by molar-refractivity contribution is 9.10. The van der Waals surface area contributed by atoms with Gasteiger partial charge in [0.2, 0.25) is 0 Å². The maximum absolute atomic E-state index is 14.1. The van der Waals surface area contributed by atoms with Crippen LogP contribution in [0.3, 0.4) is 0 Å².